The van der Waals surface area contributed by atoms with E-state index in [9.17, 15) is 0 Å². The number of anilines is 1. The topological polar surface area (TPSA) is 24.5 Å². The minimum atomic E-state index is 0.255. The number of benzene rings is 1. The molecule has 0 amide bonds. The van der Waals surface area contributed by atoms with Gasteiger partial charge in [-0.15, -0.1) is 0 Å². The van der Waals surface area contributed by atoms with E-state index in [1.165, 1.54) is 5.69 Å². The second-order valence-corrected chi connectivity index (χ2v) is 6.01. The molecule has 0 saturated carbocycles. The molecule has 1 aromatic carbocycles. The Hall–Kier alpha value is -0.740. The molecule has 4 heteroatoms. The third-order valence-electron chi connectivity index (χ3n) is 4.23. The van der Waals surface area contributed by atoms with Gasteiger partial charge in [-0.2, -0.15) is 0 Å². The maximum absolute atomic E-state index is 5.29. The smallest absolute Gasteiger partial charge is 0.133 e. The van der Waals surface area contributed by atoms with Gasteiger partial charge in [0.1, 0.15) is 5.75 Å². The number of halogens is 1. The number of methoxy groups -OCH3 is 1. The van der Waals surface area contributed by atoms with E-state index in [1.807, 2.05) is 6.07 Å². The van der Waals surface area contributed by atoms with E-state index in [1.54, 1.807) is 7.11 Å². The van der Waals surface area contributed by atoms with Gasteiger partial charge in [0.05, 0.1) is 11.6 Å². The van der Waals surface area contributed by atoms with Gasteiger partial charge in [0.2, 0.25) is 0 Å². The Morgan fingerprint density at radius 3 is 2.68 bits per heavy atom. The summed E-state index contributed by atoms with van der Waals surface area (Å²) in [7, 11) is 1.70. The average Bonchev–Trinajstić information content (AvgIpc) is 2.47. The van der Waals surface area contributed by atoms with Crippen LogP contribution in [0.5, 0.6) is 5.75 Å². The summed E-state index contributed by atoms with van der Waals surface area (Å²) < 4.78 is 6.31. The fourth-order valence-corrected chi connectivity index (χ4v) is 3.28. The molecule has 19 heavy (non-hydrogen) atoms. The Labute approximate surface area is 124 Å². The fourth-order valence-electron chi connectivity index (χ4n) is 2.75. The van der Waals surface area contributed by atoms with Crippen molar-refractivity contribution in [2.24, 2.45) is 0 Å². The summed E-state index contributed by atoms with van der Waals surface area (Å²) in [5.41, 5.74) is 1.52. The summed E-state index contributed by atoms with van der Waals surface area (Å²) in [4.78, 5) is 2.47. The molecule has 0 spiro atoms. The molecular formula is C15H23BrN2O. The molecule has 1 heterocycles. The second kappa shape index (κ2) is 6.14. The lowest BCUT2D eigenvalue weighted by atomic mass is 9.90. The van der Waals surface area contributed by atoms with Crippen molar-refractivity contribution in [3.63, 3.8) is 0 Å². The fraction of sp³-hybridized carbons (Fsp3) is 0.600. The van der Waals surface area contributed by atoms with Crippen molar-refractivity contribution in [3.05, 3.63) is 22.7 Å². The SMILES string of the molecule is CCC1(CC)CN(c2ccc(OC)c(Br)c2)CCN1. The van der Waals surface area contributed by atoms with Gasteiger partial charge in [-0.25, -0.2) is 0 Å². The van der Waals surface area contributed by atoms with Crippen molar-refractivity contribution in [1.82, 2.24) is 5.32 Å². The van der Waals surface area contributed by atoms with E-state index in [0.29, 0.717) is 0 Å². The molecule has 1 saturated heterocycles. The molecule has 3 nitrogen and oxygen atoms in total. The van der Waals surface area contributed by atoms with Crippen LogP contribution in [0.1, 0.15) is 26.7 Å². The zero-order valence-corrected chi connectivity index (χ0v) is 13.6. The van der Waals surface area contributed by atoms with Crippen molar-refractivity contribution in [3.8, 4) is 5.75 Å². The summed E-state index contributed by atoms with van der Waals surface area (Å²) in [5.74, 6) is 0.885. The van der Waals surface area contributed by atoms with Crippen LogP contribution >= 0.6 is 15.9 Å². The van der Waals surface area contributed by atoms with Crippen LogP contribution in [-0.4, -0.2) is 32.3 Å². The lowest BCUT2D eigenvalue weighted by Crippen LogP contribution is -2.60. The van der Waals surface area contributed by atoms with Crippen molar-refractivity contribution < 1.29 is 4.74 Å². The largest absolute Gasteiger partial charge is 0.496 e. The standard InChI is InChI=1S/C15H23BrN2O/c1-4-15(5-2)11-18(9-8-17-15)12-6-7-14(19-3)13(16)10-12/h6-7,10,17H,4-5,8-9,11H2,1-3H3. The molecule has 1 fully saturated rings. The van der Waals surface area contributed by atoms with E-state index in [0.717, 1.165) is 42.7 Å². The highest BCUT2D eigenvalue weighted by atomic mass is 79.9. The van der Waals surface area contributed by atoms with Crippen LogP contribution in [0.2, 0.25) is 0 Å². The first-order chi connectivity index (χ1) is 9.14. The lowest BCUT2D eigenvalue weighted by molar-refractivity contribution is 0.277. The van der Waals surface area contributed by atoms with E-state index >= 15 is 0 Å². The highest BCUT2D eigenvalue weighted by Crippen LogP contribution is 2.31. The van der Waals surface area contributed by atoms with Gasteiger partial charge in [-0.05, 0) is 47.0 Å². The minimum Gasteiger partial charge on any atom is -0.496 e. The molecule has 106 valence electrons. The number of nitrogens with one attached hydrogen (secondary N) is 1. The number of hydrogen-bond donors (Lipinski definition) is 1. The van der Waals surface area contributed by atoms with Crippen LogP contribution in [0, 0.1) is 0 Å². The van der Waals surface area contributed by atoms with Gasteiger partial charge in [-0.1, -0.05) is 13.8 Å². The van der Waals surface area contributed by atoms with Gasteiger partial charge >= 0.3 is 0 Å². The van der Waals surface area contributed by atoms with Crippen molar-refractivity contribution in [2.75, 3.05) is 31.6 Å². The zero-order valence-electron chi connectivity index (χ0n) is 12.0. The lowest BCUT2D eigenvalue weighted by Gasteiger charge is -2.44. The molecule has 0 aromatic heterocycles. The zero-order chi connectivity index (χ0) is 13.9. The Kier molecular flexibility index (Phi) is 4.74. The van der Waals surface area contributed by atoms with Crippen LogP contribution in [0.3, 0.4) is 0 Å². The van der Waals surface area contributed by atoms with Gasteiger partial charge in [0, 0.05) is 30.9 Å². The Balaban J connectivity index is 2.19. The first kappa shape index (κ1) is 14.7. The normalized spacial score (nSPS) is 18.4. The first-order valence-corrected chi connectivity index (χ1v) is 7.77. The summed E-state index contributed by atoms with van der Waals surface area (Å²) in [6.45, 7) is 7.71. The van der Waals surface area contributed by atoms with Gasteiger partial charge in [-0.3, -0.25) is 0 Å². The van der Waals surface area contributed by atoms with E-state index in [2.05, 4.69) is 52.1 Å². The van der Waals surface area contributed by atoms with E-state index < -0.39 is 0 Å². The van der Waals surface area contributed by atoms with Gasteiger partial charge < -0.3 is 15.0 Å². The second-order valence-electron chi connectivity index (χ2n) is 5.15. The van der Waals surface area contributed by atoms with Crippen molar-refractivity contribution in [1.29, 1.82) is 0 Å². The maximum atomic E-state index is 5.29. The van der Waals surface area contributed by atoms with Crippen LogP contribution in [-0.2, 0) is 0 Å². The van der Waals surface area contributed by atoms with Crippen LogP contribution in [0.4, 0.5) is 5.69 Å². The number of rotatable bonds is 4. The molecule has 0 aliphatic carbocycles. The van der Waals surface area contributed by atoms with Crippen LogP contribution in [0.15, 0.2) is 22.7 Å². The molecule has 0 radical (unpaired) electrons. The molecule has 1 N–H and O–H groups in total. The molecule has 0 unspecified atom stereocenters. The third-order valence-corrected chi connectivity index (χ3v) is 4.85. The minimum absolute atomic E-state index is 0.255. The number of hydrogen-bond acceptors (Lipinski definition) is 3. The van der Waals surface area contributed by atoms with Crippen molar-refractivity contribution >= 4 is 21.6 Å². The Morgan fingerprint density at radius 2 is 2.11 bits per heavy atom. The predicted octanol–water partition coefficient (Wildman–Crippen LogP) is 3.43. The molecule has 1 aromatic rings. The summed E-state index contributed by atoms with van der Waals surface area (Å²) >= 11 is 3.57. The quantitative estimate of drug-likeness (QED) is 0.917. The molecular weight excluding hydrogens is 304 g/mol. The Bertz CT molecular complexity index is 432. The summed E-state index contributed by atoms with van der Waals surface area (Å²) in [6.07, 6.45) is 2.33. The third kappa shape index (κ3) is 3.06. The van der Waals surface area contributed by atoms with Crippen LogP contribution in [0.25, 0.3) is 0 Å². The predicted molar refractivity (Wildman–Crippen MR) is 84.2 cm³/mol. The molecule has 1 aliphatic rings. The molecule has 1 aliphatic heterocycles. The molecule has 2 rings (SSSR count). The maximum Gasteiger partial charge on any atom is 0.133 e. The molecule has 0 bridgehead atoms. The summed E-state index contributed by atoms with van der Waals surface area (Å²) in [5, 5.41) is 3.69. The highest BCUT2D eigenvalue weighted by molar-refractivity contribution is 9.10. The molecule has 0 atom stereocenters. The number of nitrogens with zero attached hydrogens (tertiary/aromatic N) is 1. The number of piperazine rings is 1. The average molecular weight is 327 g/mol. The van der Waals surface area contributed by atoms with Crippen molar-refractivity contribution in [2.45, 2.75) is 32.2 Å². The number of ether oxygens (including phenoxy) is 1. The first-order valence-electron chi connectivity index (χ1n) is 6.97. The summed E-state index contributed by atoms with van der Waals surface area (Å²) in [6, 6.07) is 6.33. The van der Waals surface area contributed by atoms with E-state index in [-0.39, 0.29) is 5.54 Å². The monoisotopic (exact) mass is 326 g/mol. The Morgan fingerprint density at radius 1 is 1.37 bits per heavy atom. The van der Waals surface area contributed by atoms with Gasteiger partial charge in [0.25, 0.3) is 0 Å². The highest BCUT2D eigenvalue weighted by Gasteiger charge is 2.31. The van der Waals surface area contributed by atoms with E-state index in [4.69, 9.17) is 4.74 Å². The van der Waals surface area contributed by atoms with Crippen LogP contribution < -0.4 is 15.0 Å². The van der Waals surface area contributed by atoms with Gasteiger partial charge in [0.15, 0.2) is 0 Å².